The van der Waals surface area contributed by atoms with Gasteiger partial charge in [-0.25, -0.2) is 19.9 Å². The van der Waals surface area contributed by atoms with E-state index in [4.69, 9.17) is 9.47 Å². The molecule has 126 valence electrons. The Morgan fingerprint density at radius 3 is 2.79 bits per heavy atom. The highest BCUT2D eigenvalue weighted by Crippen LogP contribution is 2.11. The zero-order valence-corrected chi connectivity index (χ0v) is 13.1. The minimum absolute atomic E-state index is 0.160. The third-order valence-electron chi connectivity index (χ3n) is 3.34. The largest absolute Gasteiger partial charge is 0.453 e. The Bertz CT molecular complexity index is 663. The van der Waals surface area contributed by atoms with Crippen molar-refractivity contribution in [3.8, 4) is 6.01 Å². The molecule has 1 aliphatic rings. The summed E-state index contributed by atoms with van der Waals surface area (Å²) in [6.45, 7) is 3.05. The molecule has 1 N–H and O–H groups in total. The molecule has 3 heterocycles. The second kappa shape index (κ2) is 8.16. The molecule has 9 nitrogen and oxygen atoms in total. The highest BCUT2D eigenvalue weighted by molar-refractivity contribution is 5.77. The van der Waals surface area contributed by atoms with Gasteiger partial charge in [0.25, 0.3) is 5.91 Å². The van der Waals surface area contributed by atoms with Crippen LogP contribution in [0, 0.1) is 0 Å². The van der Waals surface area contributed by atoms with Crippen LogP contribution < -0.4 is 15.0 Å². The first-order valence-corrected chi connectivity index (χ1v) is 7.62. The molecule has 0 spiro atoms. The summed E-state index contributed by atoms with van der Waals surface area (Å²) in [5, 5.41) is 2.71. The highest BCUT2D eigenvalue weighted by atomic mass is 16.5. The lowest BCUT2D eigenvalue weighted by Gasteiger charge is -2.27. The van der Waals surface area contributed by atoms with Crippen molar-refractivity contribution in [2.75, 3.05) is 37.8 Å². The van der Waals surface area contributed by atoms with Crippen LogP contribution in [0.4, 0.5) is 5.82 Å². The summed E-state index contributed by atoms with van der Waals surface area (Å²) < 4.78 is 10.5. The van der Waals surface area contributed by atoms with E-state index < -0.39 is 0 Å². The average Bonchev–Trinajstić information content (AvgIpc) is 2.66. The van der Waals surface area contributed by atoms with E-state index in [0.29, 0.717) is 19.0 Å². The van der Waals surface area contributed by atoms with E-state index in [-0.39, 0.29) is 25.1 Å². The van der Waals surface area contributed by atoms with Gasteiger partial charge in [-0.15, -0.1) is 0 Å². The van der Waals surface area contributed by atoms with Crippen molar-refractivity contribution in [2.45, 2.75) is 6.54 Å². The summed E-state index contributed by atoms with van der Waals surface area (Å²) in [6, 6.07) is 3.69. The summed E-state index contributed by atoms with van der Waals surface area (Å²) in [7, 11) is 0. The standard InChI is InChI=1S/C15H18N6O3/c22-14(11-24-15-17-3-1-4-18-15)19-10-12-16-5-2-13(20-12)21-6-8-23-9-7-21/h1-5H,6-11H2,(H,19,22). The first-order valence-electron chi connectivity index (χ1n) is 7.62. The number of amides is 1. The Balaban J connectivity index is 1.48. The van der Waals surface area contributed by atoms with Crippen LogP contribution in [0.3, 0.4) is 0 Å². The molecule has 1 aliphatic heterocycles. The van der Waals surface area contributed by atoms with E-state index in [1.807, 2.05) is 6.07 Å². The number of hydrogen-bond donors (Lipinski definition) is 1. The molecule has 0 aliphatic carbocycles. The smallest absolute Gasteiger partial charge is 0.316 e. The van der Waals surface area contributed by atoms with Crippen LogP contribution in [-0.4, -0.2) is 58.8 Å². The lowest BCUT2D eigenvalue weighted by Crippen LogP contribution is -2.37. The second-order valence-electron chi connectivity index (χ2n) is 5.03. The molecular formula is C15H18N6O3. The molecule has 0 atom stereocenters. The predicted molar refractivity (Wildman–Crippen MR) is 84.4 cm³/mol. The van der Waals surface area contributed by atoms with Gasteiger partial charge in [-0.05, 0) is 12.1 Å². The van der Waals surface area contributed by atoms with E-state index in [2.05, 4.69) is 30.2 Å². The minimum Gasteiger partial charge on any atom is -0.453 e. The van der Waals surface area contributed by atoms with Crippen molar-refractivity contribution in [3.63, 3.8) is 0 Å². The Morgan fingerprint density at radius 2 is 2.00 bits per heavy atom. The molecule has 1 fully saturated rings. The number of nitrogens with zero attached hydrogens (tertiary/aromatic N) is 5. The van der Waals surface area contributed by atoms with Gasteiger partial charge in [-0.1, -0.05) is 0 Å². The SMILES string of the molecule is O=C(COc1ncccn1)NCc1nccc(N2CCOCC2)n1. The van der Waals surface area contributed by atoms with E-state index in [0.717, 1.165) is 18.9 Å². The number of nitrogens with one attached hydrogen (secondary N) is 1. The van der Waals surface area contributed by atoms with Crippen LogP contribution in [0.15, 0.2) is 30.7 Å². The predicted octanol–water partition coefficient (Wildman–Crippen LogP) is -0.202. The van der Waals surface area contributed by atoms with Crippen molar-refractivity contribution in [2.24, 2.45) is 0 Å². The Hall–Kier alpha value is -2.81. The molecule has 0 aromatic carbocycles. The third-order valence-corrected chi connectivity index (χ3v) is 3.34. The first kappa shape index (κ1) is 16.1. The van der Waals surface area contributed by atoms with Gasteiger partial charge in [0.2, 0.25) is 0 Å². The molecule has 2 aromatic heterocycles. The van der Waals surface area contributed by atoms with Gasteiger partial charge in [0.15, 0.2) is 6.61 Å². The van der Waals surface area contributed by atoms with Gasteiger partial charge in [-0.2, -0.15) is 0 Å². The average molecular weight is 330 g/mol. The van der Waals surface area contributed by atoms with Crippen LogP contribution in [-0.2, 0) is 16.1 Å². The third kappa shape index (κ3) is 4.59. The van der Waals surface area contributed by atoms with Crippen molar-refractivity contribution in [1.82, 2.24) is 25.3 Å². The Kier molecular flexibility index (Phi) is 5.46. The normalized spacial score (nSPS) is 14.2. The summed E-state index contributed by atoms with van der Waals surface area (Å²) in [6.07, 6.45) is 4.78. The van der Waals surface area contributed by atoms with Crippen LogP contribution in [0.1, 0.15) is 5.82 Å². The molecule has 0 bridgehead atoms. The number of morpholine rings is 1. The molecule has 24 heavy (non-hydrogen) atoms. The van der Waals surface area contributed by atoms with Gasteiger partial charge in [0.05, 0.1) is 19.8 Å². The van der Waals surface area contributed by atoms with Gasteiger partial charge in [-0.3, -0.25) is 4.79 Å². The fourth-order valence-electron chi connectivity index (χ4n) is 2.16. The van der Waals surface area contributed by atoms with Crippen molar-refractivity contribution in [1.29, 1.82) is 0 Å². The van der Waals surface area contributed by atoms with Crippen LogP contribution in [0.5, 0.6) is 6.01 Å². The first-order chi connectivity index (χ1) is 11.8. The molecule has 1 amide bonds. The van der Waals surface area contributed by atoms with E-state index in [9.17, 15) is 4.79 Å². The van der Waals surface area contributed by atoms with Crippen LogP contribution >= 0.6 is 0 Å². The van der Waals surface area contributed by atoms with Crippen molar-refractivity contribution >= 4 is 11.7 Å². The maximum atomic E-state index is 11.8. The Labute approximate surface area is 139 Å². The number of ether oxygens (including phenoxy) is 2. The number of rotatable bonds is 6. The highest BCUT2D eigenvalue weighted by Gasteiger charge is 2.13. The zero-order chi connectivity index (χ0) is 16.6. The fraction of sp³-hybridized carbons (Fsp3) is 0.400. The molecule has 0 saturated carbocycles. The summed E-state index contributed by atoms with van der Waals surface area (Å²) in [5.74, 6) is 1.10. The number of anilines is 1. The maximum Gasteiger partial charge on any atom is 0.316 e. The van der Waals surface area contributed by atoms with Crippen LogP contribution in [0.25, 0.3) is 0 Å². The molecule has 1 saturated heterocycles. The topological polar surface area (TPSA) is 102 Å². The van der Waals surface area contributed by atoms with Crippen molar-refractivity contribution in [3.05, 3.63) is 36.5 Å². The fourth-order valence-corrected chi connectivity index (χ4v) is 2.16. The van der Waals surface area contributed by atoms with E-state index in [1.165, 1.54) is 0 Å². The number of aromatic nitrogens is 4. The van der Waals surface area contributed by atoms with Crippen LogP contribution in [0.2, 0.25) is 0 Å². The molecule has 9 heteroatoms. The van der Waals surface area contributed by atoms with Gasteiger partial charge >= 0.3 is 6.01 Å². The molecule has 0 unspecified atom stereocenters. The van der Waals surface area contributed by atoms with Gasteiger partial charge < -0.3 is 19.7 Å². The van der Waals surface area contributed by atoms with Gasteiger partial charge in [0.1, 0.15) is 11.6 Å². The monoisotopic (exact) mass is 330 g/mol. The number of hydrogen-bond acceptors (Lipinski definition) is 8. The Morgan fingerprint density at radius 1 is 1.21 bits per heavy atom. The molecule has 3 rings (SSSR count). The quantitative estimate of drug-likeness (QED) is 0.777. The van der Waals surface area contributed by atoms with E-state index >= 15 is 0 Å². The second-order valence-corrected chi connectivity index (χ2v) is 5.03. The molecule has 2 aromatic rings. The van der Waals surface area contributed by atoms with Gasteiger partial charge in [0, 0.05) is 31.7 Å². The number of carbonyl (C=O) groups is 1. The maximum absolute atomic E-state index is 11.8. The zero-order valence-electron chi connectivity index (χ0n) is 13.1. The summed E-state index contributed by atoms with van der Waals surface area (Å²) in [5.41, 5.74) is 0. The molecular weight excluding hydrogens is 312 g/mol. The summed E-state index contributed by atoms with van der Waals surface area (Å²) >= 11 is 0. The van der Waals surface area contributed by atoms with E-state index in [1.54, 1.807) is 24.7 Å². The number of carbonyl (C=O) groups excluding carboxylic acids is 1. The summed E-state index contributed by atoms with van der Waals surface area (Å²) in [4.78, 5) is 30.3. The lowest BCUT2D eigenvalue weighted by atomic mass is 10.4. The molecule has 0 radical (unpaired) electrons. The minimum atomic E-state index is -0.289. The van der Waals surface area contributed by atoms with Crippen molar-refractivity contribution < 1.29 is 14.3 Å². The lowest BCUT2D eigenvalue weighted by molar-refractivity contribution is -0.123.